The Labute approximate surface area is 114 Å². The molecule has 3 heteroatoms. The lowest BCUT2D eigenvalue weighted by atomic mass is 9.99. The van der Waals surface area contributed by atoms with E-state index >= 15 is 0 Å². The molecule has 3 nitrogen and oxygen atoms in total. The minimum absolute atomic E-state index is 0.130. The largest absolute Gasteiger partial charge is 0.338 e. The topological polar surface area (TPSA) is 46.3 Å². The van der Waals surface area contributed by atoms with Crippen molar-refractivity contribution < 1.29 is 4.79 Å². The Morgan fingerprint density at radius 2 is 2.16 bits per heavy atom. The van der Waals surface area contributed by atoms with Crippen LogP contribution >= 0.6 is 0 Å². The highest BCUT2D eigenvalue weighted by atomic mass is 16.2. The van der Waals surface area contributed by atoms with E-state index in [0.29, 0.717) is 12.5 Å². The first-order valence-corrected chi connectivity index (χ1v) is 6.79. The van der Waals surface area contributed by atoms with Crippen LogP contribution in [0, 0.1) is 17.8 Å². The number of carbonyl (C=O) groups is 1. The third kappa shape index (κ3) is 3.59. The van der Waals surface area contributed by atoms with Crippen LogP contribution in [0.3, 0.4) is 0 Å². The molecule has 1 aromatic rings. The van der Waals surface area contributed by atoms with Crippen molar-refractivity contribution in [2.75, 3.05) is 19.6 Å². The van der Waals surface area contributed by atoms with Crippen molar-refractivity contribution >= 4 is 5.91 Å². The molecule has 1 aliphatic rings. The Kier molecular flexibility index (Phi) is 4.59. The van der Waals surface area contributed by atoms with E-state index in [9.17, 15) is 4.79 Å². The summed E-state index contributed by atoms with van der Waals surface area (Å²) in [4.78, 5) is 14.3. The lowest BCUT2D eigenvalue weighted by Crippen LogP contribution is -2.39. The number of hydrogen-bond donors (Lipinski definition) is 1. The van der Waals surface area contributed by atoms with Gasteiger partial charge in [-0.15, -0.1) is 0 Å². The molecule has 0 radical (unpaired) electrons. The second-order valence-electron chi connectivity index (χ2n) is 5.08. The van der Waals surface area contributed by atoms with Gasteiger partial charge in [-0.3, -0.25) is 4.79 Å². The van der Waals surface area contributed by atoms with Gasteiger partial charge < -0.3 is 10.6 Å². The molecule has 0 saturated carbocycles. The van der Waals surface area contributed by atoms with E-state index in [1.165, 1.54) is 6.42 Å². The molecule has 1 atom stereocenters. The Morgan fingerprint density at radius 1 is 1.42 bits per heavy atom. The van der Waals surface area contributed by atoms with Gasteiger partial charge in [0.15, 0.2) is 0 Å². The minimum Gasteiger partial charge on any atom is -0.338 e. The maximum absolute atomic E-state index is 12.3. The number of carbonyl (C=O) groups excluding carboxylic acids is 1. The molecular weight excluding hydrogens is 236 g/mol. The van der Waals surface area contributed by atoms with Gasteiger partial charge in [0.1, 0.15) is 0 Å². The Morgan fingerprint density at radius 3 is 2.79 bits per heavy atom. The summed E-state index contributed by atoms with van der Waals surface area (Å²) in [5, 5.41) is 0. The SMILES string of the molecule is CC1CCCN(C(=O)c2ccc(C#CCN)cc2)C1. The molecular formula is C16H20N2O. The van der Waals surface area contributed by atoms with E-state index < -0.39 is 0 Å². The average molecular weight is 256 g/mol. The molecule has 19 heavy (non-hydrogen) atoms. The number of likely N-dealkylation sites (tertiary alicyclic amines) is 1. The first-order valence-electron chi connectivity index (χ1n) is 6.79. The van der Waals surface area contributed by atoms with Gasteiger partial charge in [-0.2, -0.15) is 0 Å². The summed E-state index contributed by atoms with van der Waals surface area (Å²) in [5.74, 6) is 6.50. The van der Waals surface area contributed by atoms with Gasteiger partial charge in [0, 0.05) is 24.2 Å². The number of amides is 1. The summed E-state index contributed by atoms with van der Waals surface area (Å²) in [7, 11) is 0. The zero-order valence-corrected chi connectivity index (χ0v) is 11.4. The zero-order valence-electron chi connectivity index (χ0n) is 11.4. The van der Waals surface area contributed by atoms with Crippen LogP contribution in [0.25, 0.3) is 0 Å². The molecule has 1 unspecified atom stereocenters. The molecule has 1 fully saturated rings. The average Bonchev–Trinajstić information content (AvgIpc) is 2.45. The van der Waals surface area contributed by atoms with E-state index in [-0.39, 0.29) is 5.91 Å². The summed E-state index contributed by atoms with van der Waals surface area (Å²) in [5.41, 5.74) is 6.97. The highest BCUT2D eigenvalue weighted by molar-refractivity contribution is 5.94. The minimum atomic E-state index is 0.130. The van der Waals surface area contributed by atoms with Crippen LogP contribution in [0.15, 0.2) is 24.3 Å². The van der Waals surface area contributed by atoms with Crippen LogP contribution in [0.5, 0.6) is 0 Å². The summed E-state index contributed by atoms with van der Waals surface area (Å²) in [6, 6.07) is 7.46. The maximum Gasteiger partial charge on any atom is 0.253 e. The van der Waals surface area contributed by atoms with Crippen LogP contribution in [-0.2, 0) is 0 Å². The van der Waals surface area contributed by atoms with Crippen LogP contribution in [0.2, 0.25) is 0 Å². The standard InChI is InChI=1S/C16H20N2O/c1-13-4-3-11-18(12-13)16(19)15-8-6-14(7-9-15)5-2-10-17/h6-9,13H,3-4,10-12,17H2,1H3. The van der Waals surface area contributed by atoms with Crippen molar-refractivity contribution in [1.29, 1.82) is 0 Å². The molecule has 0 spiro atoms. The maximum atomic E-state index is 12.3. The fraction of sp³-hybridized carbons (Fsp3) is 0.438. The van der Waals surface area contributed by atoms with Crippen LogP contribution < -0.4 is 5.73 Å². The van der Waals surface area contributed by atoms with E-state index in [1.807, 2.05) is 29.2 Å². The summed E-state index contributed by atoms with van der Waals surface area (Å²) < 4.78 is 0. The Bertz CT molecular complexity index is 496. The predicted octanol–water partition coefficient (Wildman–Crippen LogP) is 1.87. The van der Waals surface area contributed by atoms with Crippen molar-refractivity contribution in [2.24, 2.45) is 11.7 Å². The number of nitrogens with zero attached hydrogens (tertiary/aromatic N) is 1. The molecule has 1 amide bonds. The molecule has 1 heterocycles. The van der Waals surface area contributed by atoms with Crippen molar-refractivity contribution in [3.8, 4) is 11.8 Å². The van der Waals surface area contributed by atoms with Crippen LogP contribution in [0.1, 0.15) is 35.7 Å². The first-order chi connectivity index (χ1) is 9.20. The van der Waals surface area contributed by atoms with E-state index in [2.05, 4.69) is 18.8 Å². The number of benzene rings is 1. The quantitative estimate of drug-likeness (QED) is 0.780. The highest BCUT2D eigenvalue weighted by Crippen LogP contribution is 2.18. The zero-order chi connectivity index (χ0) is 13.7. The Hall–Kier alpha value is -1.79. The molecule has 0 bridgehead atoms. The van der Waals surface area contributed by atoms with Gasteiger partial charge in [0.2, 0.25) is 0 Å². The number of nitrogens with two attached hydrogens (primary N) is 1. The summed E-state index contributed by atoms with van der Waals surface area (Å²) in [6.45, 7) is 4.29. The van der Waals surface area contributed by atoms with E-state index in [0.717, 1.165) is 30.6 Å². The summed E-state index contributed by atoms with van der Waals surface area (Å²) in [6.07, 6.45) is 2.32. The van der Waals surface area contributed by atoms with Crippen LogP contribution in [-0.4, -0.2) is 30.4 Å². The normalized spacial score (nSPS) is 18.6. The van der Waals surface area contributed by atoms with Gasteiger partial charge in [-0.05, 0) is 43.0 Å². The second kappa shape index (κ2) is 6.40. The molecule has 2 rings (SSSR count). The summed E-state index contributed by atoms with van der Waals surface area (Å²) >= 11 is 0. The first kappa shape index (κ1) is 13.6. The lowest BCUT2D eigenvalue weighted by Gasteiger charge is -2.31. The monoisotopic (exact) mass is 256 g/mol. The van der Waals surface area contributed by atoms with Gasteiger partial charge in [-0.1, -0.05) is 18.8 Å². The van der Waals surface area contributed by atoms with Crippen LogP contribution in [0.4, 0.5) is 0 Å². The van der Waals surface area contributed by atoms with Gasteiger partial charge in [0.05, 0.1) is 6.54 Å². The predicted molar refractivity (Wildman–Crippen MR) is 76.7 cm³/mol. The van der Waals surface area contributed by atoms with E-state index in [4.69, 9.17) is 5.73 Å². The lowest BCUT2D eigenvalue weighted by molar-refractivity contribution is 0.0683. The van der Waals surface area contributed by atoms with Crippen molar-refractivity contribution in [1.82, 2.24) is 4.90 Å². The number of rotatable bonds is 1. The van der Waals surface area contributed by atoms with Gasteiger partial charge in [-0.25, -0.2) is 0 Å². The van der Waals surface area contributed by atoms with Crippen molar-refractivity contribution in [3.05, 3.63) is 35.4 Å². The van der Waals surface area contributed by atoms with Gasteiger partial charge >= 0.3 is 0 Å². The number of piperidine rings is 1. The number of hydrogen-bond acceptors (Lipinski definition) is 2. The highest BCUT2D eigenvalue weighted by Gasteiger charge is 2.21. The van der Waals surface area contributed by atoms with Crippen molar-refractivity contribution in [2.45, 2.75) is 19.8 Å². The smallest absolute Gasteiger partial charge is 0.253 e. The molecule has 0 aromatic heterocycles. The Balaban J connectivity index is 2.07. The third-order valence-electron chi connectivity index (χ3n) is 3.41. The van der Waals surface area contributed by atoms with Crippen molar-refractivity contribution in [3.63, 3.8) is 0 Å². The molecule has 1 saturated heterocycles. The second-order valence-corrected chi connectivity index (χ2v) is 5.08. The fourth-order valence-electron chi connectivity index (χ4n) is 2.41. The molecule has 0 aliphatic carbocycles. The van der Waals surface area contributed by atoms with Gasteiger partial charge in [0.25, 0.3) is 5.91 Å². The molecule has 2 N–H and O–H groups in total. The van der Waals surface area contributed by atoms with E-state index in [1.54, 1.807) is 0 Å². The molecule has 100 valence electrons. The molecule has 1 aliphatic heterocycles. The molecule has 1 aromatic carbocycles. The third-order valence-corrected chi connectivity index (χ3v) is 3.41. The fourth-order valence-corrected chi connectivity index (χ4v) is 2.41.